The van der Waals surface area contributed by atoms with Crippen molar-refractivity contribution in [3.05, 3.63) is 54.2 Å². The lowest BCUT2D eigenvalue weighted by Gasteiger charge is -2.20. The van der Waals surface area contributed by atoms with E-state index in [0.717, 1.165) is 12.8 Å². The van der Waals surface area contributed by atoms with Crippen LogP contribution in [0.5, 0.6) is 11.5 Å². The highest BCUT2D eigenvalue weighted by molar-refractivity contribution is 7.89. The molecule has 0 atom stereocenters. The minimum Gasteiger partial charge on any atom is -0.486 e. The summed E-state index contributed by atoms with van der Waals surface area (Å²) in [6, 6.07) is 13.0. The summed E-state index contributed by atoms with van der Waals surface area (Å²) >= 11 is 0. The molecule has 1 fully saturated rings. The van der Waals surface area contributed by atoms with E-state index in [2.05, 4.69) is 27.6 Å². The molecule has 0 amide bonds. The summed E-state index contributed by atoms with van der Waals surface area (Å²) in [4.78, 5) is 0.200. The Morgan fingerprint density at radius 3 is 2.61 bits per heavy atom. The summed E-state index contributed by atoms with van der Waals surface area (Å²) in [6.07, 6.45) is 4.09. The van der Waals surface area contributed by atoms with Gasteiger partial charge in [-0.05, 0) is 36.6 Å². The lowest BCUT2D eigenvalue weighted by molar-refractivity contribution is 0.171. The molecule has 6 nitrogen and oxygen atoms in total. The summed E-state index contributed by atoms with van der Waals surface area (Å²) in [5, 5.41) is 1.20. The number of nitrogens with one attached hydrogen (secondary N) is 1. The highest BCUT2D eigenvalue weighted by Gasteiger charge is 2.46. The molecule has 0 bridgehead atoms. The maximum atomic E-state index is 12.9. The fraction of sp³-hybridized carbons (Fsp3) is 0.333. The van der Waals surface area contributed by atoms with E-state index in [-0.39, 0.29) is 10.3 Å². The number of para-hydroxylation sites is 1. The van der Waals surface area contributed by atoms with Gasteiger partial charge in [0.25, 0.3) is 0 Å². The molecule has 1 aromatic heterocycles. The number of aryl methyl sites for hydroxylation is 1. The Balaban J connectivity index is 1.41. The van der Waals surface area contributed by atoms with Crippen LogP contribution in [-0.4, -0.2) is 32.7 Å². The summed E-state index contributed by atoms with van der Waals surface area (Å²) < 4.78 is 41.7. The molecule has 0 spiro atoms. The largest absolute Gasteiger partial charge is 0.486 e. The lowest BCUT2D eigenvalue weighted by atomic mass is 9.96. The van der Waals surface area contributed by atoms with Crippen LogP contribution in [0, 0.1) is 0 Å². The van der Waals surface area contributed by atoms with Gasteiger partial charge in [-0.25, -0.2) is 13.1 Å². The third-order valence-electron chi connectivity index (χ3n) is 5.75. The third-order valence-corrected chi connectivity index (χ3v) is 7.15. The van der Waals surface area contributed by atoms with Crippen LogP contribution in [0.3, 0.4) is 0 Å². The predicted molar refractivity (Wildman–Crippen MR) is 106 cm³/mol. The first-order valence-corrected chi connectivity index (χ1v) is 10.9. The number of benzene rings is 2. The second kappa shape index (κ2) is 6.25. The SMILES string of the molecule is Cn1cc(C2(CNS(=O)(=O)c3ccc4c(c3)OCCO4)CC2)c2ccccc21. The van der Waals surface area contributed by atoms with Crippen LogP contribution in [0.2, 0.25) is 0 Å². The third kappa shape index (κ3) is 2.86. The molecule has 7 heteroatoms. The van der Waals surface area contributed by atoms with E-state index in [1.54, 1.807) is 12.1 Å². The van der Waals surface area contributed by atoms with Crippen molar-refractivity contribution in [3.63, 3.8) is 0 Å². The first-order valence-electron chi connectivity index (χ1n) is 9.42. The van der Waals surface area contributed by atoms with Gasteiger partial charge in [-0.1, -0.05) is 18.2 Å². The zero-order valence-corrected chi connectivity index (χ0v) is 16.5. The fourth-order valence-electron chi connectivity index (χ4n) is 3.96. The average Bonchev–Trinajstić information content (AvgIpc) is 3.44. The van der Waals surface area contributed by atoms with Gasteiger partial charge in [0.2, 0.25) is 10.0 Å². The Bertz CT molecular complexity index is 1160. The van der Waals surface area contributed by atoms with Crippen molar-refractivity contribution < 1.29 is 17.9 Å². The topological polar surface area (TPSA) is 69.6 Å². The summed E-state index contributed by atoms with van der Waals surface area (Å²) in [7, 11) is -1.60. The number of sulfonamides is 1. The molecule has 2 heterocycles. The van der Waals surface area contributed by atoms with E-state index >= 15 is 0 Å². The van der Waals surface area contributed by atoms with Crippen LogP contribution in [-0.2, 0) is 22.5 Å². The number of hydrogen-bond acceptors (Lipinski definition) is 4. The monoisotopic (exact) mass is 398 g/mol. The Morgan fingerprint density at radius 1 is 1.07 bits per heavy atom. The lowest BCUT2D eigenvalue weighted by Crippen LogP contribution is -2.32. The number of ether oxygens (including phenoxy) is 2. The minimum atomic E-state index is -3.63. The number of aromatic nitrogens is 1. The molecular weight excluding hydrogens is 376 g/mol. The van der Waals surface area contributed by atoms with Gasteiger partial charge in [-0.15, -0.1) is 0 Å². The van der Waals surface area contributed by atoms with Crippen LogP contribution in [0.1, 0.15) is 18.4 Å². The van der Waals surface area contributed by atoms with Crippen molar-refractivity contribution >= 4 is 20.9 Å². The standard InChI is InChI=1S/C21H22N2O4S/c1-23-13-17(16-4-2-3-5-18(16)23)21(8-9-21)14-22-28(24,25)15-6-7-19-20(12-15)27-11-10-26-19/h2-7,12-13,22H,8-11,14H2,1H3. The molecule has 0 unspecified atom stereocenters. The van der Waals surface area contributed by atoms with Gasteiger partial charge in [0, 0.05) is 42.2 Å². The number of fused-ring (bicyclic) bond motifs is 2. The van der Waals surface area contributed by atoms with Gasteiger partial charge in [-0.2, -0.15) is 0 Å². The molecule has 1 N–H and O–H groups in total. The molecule has 2 aliphatic rings. The molecule has 0 radical (unpaired) electrons. The van der Waals surface area contributed by atoms with Crippen molar-refractivity contribution in [1.82, 2.24) is 9.29 Å². The summed E-state index contributed by atoms with van der Waals surface area (Å²) in [6.45, 7) is 1.29. The molecule has 0 saturated heterocycles. The highest BCUT2D eigenvalue weighted by Crippen LogP contribution is 2.50. The van der Waals surface area contributed by atoms with Crippen LogP contribution in [0.15, 0.2) is 53.6 Å². The fourth-order valence-corrected chi connectivity index (χ4v) is 5.11. The number of nitrogens with zero attached hydrogens (tertiary/aromatic N) is 1. The van der Waals surface area contributed by atoms with E-state index in [4.69, 9.17) is 9.47 Å². The van der Waals surface area contributed by atoms with E-state index in [1.807, 2.05) is 19.2 Å². The maximum Gasteiger partial charge on any atom is 0.240 e. The number of hydrogen-bond donors (Lipinski definition) is 1. The molecular formula is C21H22N2O4S. The van der Waals surface area contributed by atoms with E-state index in [0.29, 0.717) is 31.3 Å². The molecule has 5 rings (SSSR count). The van der Waals surface area contributed by atoms with Crippen LogP contribution < -0.4 is 14.2 Å². The van der Waals surface area contributed by atoms with Gasteiger partial charge in [0.15, 0.2) is 11.5 Å². The molecule has 1 aliphatic heterocycles. The van der Waals surface area contributed by atoms with Gasteiger partial charge in [0.05, 0.1) is 4.90 Å². The minimum absolute atomic E-state index is 0.137. The zero-order chi connectivity index (χ0) is 19.4. The Morgan fingerprint density at radius 2 is 1.82 bits per heavy atom. The molecule has 1 aliphatic carbocycles. The zero-order valence-electron chi connectivity index (χ0n) is 15.6. The van der Waals surface area contributed by atoms with Crippen molar-refractivity contribution in [2.24, 2.45) is 7.05 Å². The van der Waals surface area contributed by atoms with Gasteiger partial charge < -0.3 is 14.0 Å². The Hall–Kier alpha value is -2.51. The van der Waals surface area contributed by atoms with Crippen LogP contribution in [0.25, 0.3) is 10.9 Å². The van der Waals surface area contributed by atoms with E-state index in [9.17, 15) is 8.42 Å². The maximum absolute atomic E-state index is 12.9. The molecule has 146 valence electrons. The molecule has 3 aromatic rings. The normalized spacial score (nSPS) is 17.6. The van der Waals surface area contributed by atoms with Gasteiger partial charge in [-0.3, -0.25) is 0 Å². The van der Waals surface area contributed by atoms with Crippen LogP contribution >= 0.6 is 0 Å². The van der Waals surface area contributed by atoms with Gasteiger partial charge in [0.1, 0.15) is 13.2 Å². The number of rotatable bonds is 5. The molecule has 2 aromatic carbocycles. The van der Waals surface area contributed by atoms with Crippen molar-refractivity contribution in [3.8, 4) is 11.5 Å². The Labute approximate surface area is 164 Å². The second-order valence-electron chi connectivity index (χ2n) is 7.58. The van der Waals surface area contributed by atoms with E-state index < -0.39 is 10.0 Å². The Kier molecular flexibility index (Phi) is 3.93. The first kappa shape index (κ1) is 17.6. The summed E-state index contributed by atoms with van der Waals surface area (Å²) in [5.41, 5.74) is 2.25. The predicted octanol–water partition coefficient (Wildman–Crippen LogP) is 2.96. The van der Waals surface area contributed by atoms with Crippen molar-refractivity contribution in [2.45, 2.75) is 23.2 Å². The highest BCUT2D eigenvalue weighted by atomic mass is 32.2. The smallest absolute Gasteiger partial charge is 0.240 e. The van der Waals surface area contributed by atoms with E-state index in [1.165, 1.54) is 22.5 Å². The quantitative estimate of drug-likeness (QED) is 0.717. The second-order valence-corrected chi connectivity index (χ2v) is 9.35. The van der Waals surface area contributed by atoms with Crippen molar-refractivity contribution in [1.29, 1.82) is 0 Å². The average molecular weight is 398 g/mol. The molecule has 28 heavy (non-hydrogen) atoms. The van der Waals surface area contributed by atoms with Crippen LogP contribution in [0.4, 0.5) is 0 Å². The van der Waals surface area contributed by atoms with Crippen molar-refractivity contribution in [2.75, 3.05) is 19.8 Å². The van der Waals surface area contributed by atoms with Gasteiger partial charge >= 0.3 is 0 Å². The molecule has 1 saturated carbocycles. The first-order chi connectivity index (χ1) is 13.5. The summed E-state index contributed by atoms with van der Waals surface area (Å²) in [5.74, 6) is 1.06.